The summed E-state index contributed by atoms with van der Waals surface area (Å²) in [5.41, 5.74) is 0. The molecule has 0 saturated heterocycles. The van der Waals surface area contributed by atoms with Crippen LogP contribution in [0, 0.1) is 5.82 Å². The van der Waals surface area contributed by atoms with Gasteiger partial charge in [0.2, 0.25) is 0 Å². The number of benzene rings is 1. The minimum absolute atomic E-state index is 0.0343. The zero-order chi connectivity index (χ0) is 12.1. The number of hydrogen-bond donors (Lipinski definition) is 0. The molecule has 3 nitrogen and oxygen atoms in total. The van der Waals surface area contributed by atoms with E-state index in [9.17, 15) is 14.0 Å². The molecule has 0 aromatic heterocycles. The Morgan fingerprint density at radius 1 is 1.50 bits per heavy atom. The molecule has 6 heteroatoms. The van der Waals surface area contributed by atoms with Crippen molar-refractivity contribution < 1.29 is 18.7 Å². The lowest BCUT2D eigenvalue weighted by Crippen LogP contribution is -2.13. The molecule has 0 amide bonds. The molecule has 0 fully saturated rings. The molecule has 0 atom stereocenters. The maximum Gasteiger partial charge on any atom is 0.386 e. The van der Waals surface area contributed by atoms with E-state index in [4.69, 9.17) is 11.6 Å². The highest BCUT2D eigenvalue weighted by Crippen LogP contribution is 2.24. The first-order chi connectivity index (χ1) is 7.54. The van der Waals surface area contributed by atoms with Crippen molar-refractivity contribution in [2.24, 2.45) is 0 Å². The second kappa shape index (κ2) is 5.86. The van der Waals surface area contributed by atoms with Crippen LogP contribution in [0.25, 0.3) is 0 Å². The van der Waals surface area contributed by atoms with E-state index in [-0.39, 0.29) is 11.6 Å². The molecule has 1 aromatic rings. The number of halogens is 2. The quantitative estimate of drug-likeness (QED) is 0.467. The van der Waals surface area contributed by atoms with E-state index in [1.165, 1.54) is 12.1 Å². The van der Waals surface area contributed by atoms with Gasteiger partial charge >= 0.3 is 11.1 Å². The predicted molar refractivity (Wildman–Crippen MR) is 58.9 cm³/mol. The van der Waals surface area contributed by atoms with Crippen molar-refractivity contribution in [2.75, 3.05) is 6.61 Å². The third-order valence-corrected chi connectivity index (χ3v) is 2.69. The number of thioether (sulfide) groups is 1. The van der Waals surface area contributed by atoms with Crippen LogP contribution >= 0.6 is 23.4 Å². The topological polar surface area (TPSA) is 43.4 Å². The van der Waals surface area contributed by atoms with Crippen molar-refractivity contribution in [2.45, 2.75) is 11.8 Å². The Bertz CT molecular complexity index is 423. The molecule has 0 N–H and O–H groups in total. The fourth-order valence-corrected chi connectivity index (χ4v) is 1.65. The van der Waals surface area contributed by atoms with Gasteiger partial charge in [-0.3, -0.25) is 4.79 Å². The van der Waals surface area contributed by atoms with E-state index < -0.39 is 16.9 Å². The number of rotatable bonds is 2. The maximum atomic E-state index is 13.0. The molecule has 0 aliphatic heterocycles. The number of carbonyl (C=O) groups excluding carboxylic acids is 2. The number of ether oxygens (including phenoxy) is 1. The number of esters is 1. The Kier molecular flexibility index (Phi) is 4.76. The third kappa shape index (κ3) is 3.50. The summed E-state index contributed by atoms with van der Waals surface area (Å²) in [5, 5.41) is -0.823. The summed E-state index contributed by atoms with van der Waals surface area (Å²) in [6, 6.07) is 3.86. The second-order valence-electron chi connectivity index (χ2n) is 2.69. The summed E-state index contributed by atoms with van der Waals surface area (Å²) in [5.74, 6) is -1.58. The van der Waals surface area contributed by atoms with Crippen LogP contribution in [0.3, 0.4) is 0 Å². The molecule has 0 unspecified atom stereocenters. The van der Waals surface area contributed by atoms with Crippen LogP contribution in [0.15, 0.2) is 23.1 Å². The van der Waals surface area contributed by atoms with Crippen LogP contribution < -0.4 is 0 Å². The van der Waals surface area contributed by atoms with Gasteiger partial charge in [0.15, 0.2) is 0 Å². The van der Waals surface area contributed by atoms with E-state index in [1.807, 2.05) is 0 Å². The van der Waals surface area contributed by atoms with Gasteiger partial charge < -0.3 is 4.74 Å². The molecular formula is C10H8ClFO3S. The number of carbonyl (C=O) groups is 2. The van der Waals surface area contributed by atoms with Crippen LogP contribution in [0.4, 0.5) is 4.39 Å². The fraction of sp³-hybridized carbons (Fsp3) is 0.200. The van der Waals surface area contributed by atoms with Crippen LogP contribution in [-0.4, -0.2) is 17.7 Å². The van der Waals surface area contributed by atoms with Gasteiger partial charge in [-0.15, -0.1) is 0 Å². The average Bonchev–Trinajstić information content (AvgIpc) is 2.24. The lowest BCUT2D eigenvalue weighted by atomic mass is 10.3. The Labute approximate surface area is 101 Å². The van der Waals surface area contributed by atoms with Crippen LogP contribution in [-0.2, 0) is 14.3 Å². The first kappa shape index (κ1) is 13.0. The lowest BCUT2D eigenvalue weighted by Gasteiger charge is -2.01. The van der Waals surface area contributed by atoms with Gasteiger partial charge in [0.05, 0.1) is 11.6 Å². The fourth-order valence-electron chi connectivity index (χ4n) is 0.879. The SMILES string of the molecule is CCOC(=O)C(=O)Sc1ccc(Cl)c(F)c1. The van der Waals surface area contributed by atoms with Gasteiger partial charge in [0.1, 0.15) is 5.82 Å². The Morgan fingerprint density at radius 3 is 2.75 bits per heavy atom. The van der Waals surface area contributed by atoms with Crippen LogP contribution in [0.5, 0.6) is 0 Å². The summed E-state index contributed by atoms with van der Waals surface area (Å²) in [6.45, 7) is 1.72. The minimum atomic E-state index is -0.942. The molecule has 16 heavy (non-hydrogen) atoms. The first-order valence-electron chi connectivity index (χ1n) is 4.38. The first-order valence-corrected chi connectivity index (χ1v) is 5.58. The third-order valence-electron chi connectivity index (χ3n) is 1.54. The van der Waals surface area contributed by atoms with Gasteiger partial charge in [-0.05, 0) is 36.9 Å². The normalized spacial score (nSPS) is 9.94. The van der Waals surface area contributed by atoms with Crippen molar-refractivity contribution in [1.29, 1.82) is 0 Å². The molecule has 1 rings (SSSR count). The van der Waals surface area contributed by atoms with Gasteiger partial charge in [0.25, 0.3) is 0 Å². The molecule has 0 heterocycles. The zero-order valence-electron chi connectivity index (χ0n) is 8.33. The smallest absolute Gasteiger partial charge is 0.386 e. The van der Waals surface area contributed by atoms with E-state index in [2.05, 4.69) is 4.74 Å². The van der Waals surface area contributed by atoms with Gasteiger partial charge in [-0.2, -0.15) is 0 Å². The molecule has 86 valence electrons. The van der Waals surface area contributed by atoms with Crippen molar-refractivity contribution in [3.8, 4) is 0 Å². The molecule has 0 radical (unpaired) electrons. The Morgan fingerprint density at radius 2 is 2.19 bits per heavy atom. The zero-order valence-corrected chi connectivity index (χ0v) is 9.90. The van der Waals surface area contributed by atoms with E-state index >= 15 is 0 Å². The highest BCUT2D eigenvalue weighted by Gasteiger charge is 2.17. The van der Waals surface area contributed by atoms with Crippen molar-refractivity contribution >= 4 is 34.4 Å². The molecule has 0 aliphatic carbocycles. The van der Waals surface area contributed by atoms with Crippen LogP contribution in [0.2, 0.25) is 5.02 Å². The predicted octanol–water partition coefficient (Wildman–Crippen LogP) is 2.66. The van der Waals surface area contributed by atoms with Crippen LogP contribution in [0.1, 0.15) is 6.92 Å². The van der Waals surface area contributed by atoms with Gasteiger partial charge in [-0.25, -0.2) is 9.18 Å². The van der Waals surface area contributed by atoms with Crippen molar-refractivity contribution in [1.82, 2.24) is 0 Å². The average molecular weight is 263 g/mol. The molecule has 1 aromatic carbocycles. The Balaban J connectivity index is 2.70. The monoisotopic (exact) mass is 262 g/mol. The summed E-state index contributed by atoms with van der Waals surface area (Å²) < 4.78 is 17.5. The summed E-state index contributed by atoms with van der Waals surface area (Å²) >= 11 is 6.07. The van der Waals surface area contributed by atoms with Crippen molar-refractivity contribution in [3.05, 3.63) is 29.0 Å². The molecule has 0 spiro atoms. The van der Waals surface area contributed by atoms with Gasteiger partial charge in [0, 0.05) is 4.90 Å². The minimum Gasteiger partial charge on any atom is -0.460 e. The van der Waals surface area contributed by atoms with E-state index in [0.29, 0.717) is 16.7 Å². The maximum absolute atomic E-state index is 13.0. The van der Waals surface area contributed by atoms with Gasteiger partial charge in [-0.1, -0.05) is 11.6 Å². The standard InChI is InChI=1S/C10H8ClFO3S/c1-2-15-9(13)10(14)16-6-3-4-7(11)8(12)5-6/h3-5H,2H2,1H3. The summed E-state index contributed by atoms with van der Waals surface area (Å²) in [7, 11) is 0. The largest absolute Gasteiger partial charge is 0.460 e. The highest BCUT2D eigenvalue weighted by molar-refractivity contribution is 8.15. The summed E-state index contributed by atoms with van der Waals surface area (Å²) in [6.07, 6.45) is 0. The Hall–Kier alpha value is -1.07. The number of hydrogen-bond acceptors (Lipinski definition) is 4. The lowest BCUT2D eigenvalue weighted by molar-refractivity contribution is -0.149. The highest BCUT2D eigenvalue weighted by atomic mass is 35.5. The second-order valence-corrected chi connectivity index (χ2v) is 4.14. The molecule has 0 bridgehead atoms. The summed E-state index contributed by atoms with van der Waals surface area (Å²) in [4.78, 5) is 22.5. The van der Waals surface area contributed by atoms with E-state index in [1.54, 1.807) is 6.92 Å². The van der Waals surface area contributed by atoms with E-state index in [0.717, 1.165) is 6.07 Å². The van der Waals surface area contributed by atoms with Crippen molar-refractivity contribution in [3.63, 3.8) is 0 Å². The molecule has 0 saturated carbocycles. The molecule has 0 aliphatic rings. The molecular weight excluding hydrogens is 255 g/mol.